The third kappa shape index (κ3) is 2.01. The molecule has 1 aromatic carbocycles. The smallest absolute Gasteiger partial charge is 0.333 e. The topological polar surface area (TPSA) is 65.2 Å². The molecule has 0 spiro atoms. The van der Waals surface area contributed by atoms with Crippen molar-refractivity contribution in [2.24, 2.45) is 0 Å². The van der Waals surface area contributed by atoms with E-state index >= 15 is 0 Å². The second kappa shape index (κ2) is 4.45. The lowest BCUT2D eigenvalue weighted by atomic mass is 10.2. The number of aromatic nitrogens is 1. The van der Waals surface area contributed by atoms with Crippen LogP contribution >= 0.6 is 0 Å². The van der Waals surface area contributed by atoms with Gasteiger partial charge in [-0.2, -0.15) is 0 Å². The fourth-order valence-electron chi connectivity index (χ4n) is 1.97. The van der Waals surface area contributed by atoms with Crippen molar-refractivity contribution >= 4 is 23.7 Å². The Morgan fingerprint density at radius 2 is 1.79 bits per heavy atom. The minimum absolute atomic E-state index is 0.304. The van der Waals surface area contributed by atoms with Gasteiger partial charge in [-0.3, -0.25) is 15.0 Å². The predicted molar refractivity (Wildman–Crippen MR) is 71.2 cm³/mol. The van der Waals surface area contributed by atoms with Gasteiger partial charge in [-0.1, -0.05) is 18.2 Å². The van der Waals surface area contributed by atoms with Gasteiger partial charge in [-0.15, -0.1) is 0 Å². The zero-order chi connectivity index (χ0) is 13.2. The van der Waals surface area contributed by atoms with Crippen molar-refractivity contribution in [3.05, 3.63) is 60.1 Å². The fourth-order valence-corrected chi connectivity index (χ4v) is 1.97. The minimum Gasteiger partial charge on any atom is -0.362 e. The van der Waals surface area contributed by atoms with Crippen LogP contribution < -0.4 is 10.2 Å². The number of para-hydroxylation sites is 1. The zero-order valence-corrected chi connectivity index (χ0v) is 9.96. The van der Waals surface area contributed by atoms with Gasteiger partial charge in [0.1, 0.15) is 5.70 Å². The van der Waals surface area contributed by atoms with Gasteiger partial charge in [-0.25, -0.2) is 4.79 Å². The van der Waals surface area contributed by atoms with Crippen LogP contribution in [0.1, 0.15) is 5.69 Å². The largest absolute Gasteiger partial charge is 0.362 e. The molecule has 3 amide bonds. The Morgan fingerprint density at radius 3 is 2.47 bits per heavy atom. The number of imide groups is 1. The molecule has 19 heavy (non-hydrogen) atoms. The molecule has 1 saturated heterocycles. The first-order chi connectivity index (χ1) is 9.25. The molecule has 0 radical (unpaired) electrons. The fraction of sp³-hybridized carbons (Fsp3) is 0. The molecule has 2 aromatic rings. The molecule has 1 fully saturated rings. The first-order valence-electron chi connectivity index (χ1n) is 5.81. The standard InChI is InChI=1S/C14H11N3O2/c18-13-12(9-10-5-4-8-15-10)17(14(19)16-13)11-6-2-1-3-7-11/h1-9,15H,(H,16,18,19)/b12-9+. The van der Waals surface area contributed by atoms with Gasteiger partial charge in [0, 0.05) is 11.9 Å². The number of carbonyl (C=O) groups is 2. The van der Waals surface area contributed by atoms with E-state index in [-0.39, 0.29) is 0 Å². The van der Waals surface area contributed by atoms with Crippen LogP contribution in [0.4, 0.5) is 10.5 Å². The van der Waals surface area contributed by atoms with Gasteiger partial charge in [0.05, 0.1) is 5.69 Å². The van der Waals surface area contributed by atoms with E-state index in [1.54, 1.807) is 24.4 Å². The molecule has 5 nitrogen and oxygen atoms in total. The summed E-state index contributed by atoms with van der Waals surface area (Å²) in [4.78, 5) is 28.0. The Kier molecular flexibility index (Phi) is 2.64. The number of nitrogens with zero attached hydrogens (tertiary/aromatic N) is 1. The van der Waals surface area contributed by atoms with E-state index in [4.69, 9.17) is 0 Å². The summed E-state index contributed by atoms with van der Waals surface area (Å²) in [5.41, 5.74) is 1.73. The van der Waals surface area contributed by atoms with Gasteiger partial charge in [-0.05, 0) is 30.3 Å². The number of urea groups is 1. The lowest BCUT2D eigenvalue weighted by Gasteiger charge is -2.14. The first-order valence-corrected chi connectivity index (χ1v) is 5.81. The molecule has 0 atom stereocenters. The molecule has 2 heterocycles. The van der Waals surface area contributed by atoms with Crippen molar-refractivity contribution in [1.82, 2.24) is 10.3 Å². The Labute approximate surface area is 109 Å². The molecule has 0 aliphatic carbocycles. The van der Waals surface area contributed by atoms with Crippen molar-refractivity contribution < 1.29 is 9.59 Å². The molecule has 0 unspecified atom stereocenters. The highest BCUT2D eigenvalue weighted by Crippen LogP contribution is 2.24. The summed E-state index contributed by atoms with van der Waals surface area (Å²) >= 11 is 0. The van der Waals surface area contributed by atoms with E-state index in [1.165, 1.54) is 4.90 Å². The van der Waals surface area contributed by atoms with Crippen molar-refractivity contribution in [1.29, 1.82) is 0 Å². The maximum absolute atomic E-state index is 11.9. The maximum atomic E-state index is 11.9. The summed E-state index contributed by atoms with van der Waals surface area (Å²) in [5, 5.41) is 2.29. The lowest BCUT2D eigenvalue weighted by molar-refractivity contribution is -0.115. The Hall–Kier alpha value is -2.82. The first kappa shape index (κ1) is 11.3. The molecule has 2 N–H and O–H groups in total. The number of carbonyl (C=O) groups excluding carboxylic acids is 2. The van der Waals surface area contributed by atoms with Crippen molar-refractivity contribution in [3.8, 4) is 0 Å². The number of rotatable bonds is 2. The summed E-state index contributed by atoms with van der Waals surface area (Å²) in [7, 11) is 0. The number of hydrogen-bond acceptors (Lipinski definition) is 2. The molecule has 5 heteroatoms. The molecular weight excluding hydrogens is 242 g/mol. The summed E-state index contributed by atoms with van der Waals surface area (Å²) in [5.74, 6) is -0.400. The van der Waals surface area contributed by atoms with Crippen LogP contribution in [0, 0.1) is 0 Å². The van der Waals surface area contributed by atoms with E-state index in [1.807, 2.05) is 30.3 Å². The number of amides is 3. The van der Waals surface area contributed by atoms with Crippen LogP contribution in [0.15, 0.2) is 54.4 Å². The highest BCUT2D eigenvalue weighted by Gasteiger charge is 2.34. The number of benzene rings is 1. The molecule has 0 saturated carbocycles. The zero-order valence-electron chi connectivity index (χ0n) is 9.96. The highest BCUT2D eigenvalue weighted by atomic mass is 16.2. The Balaban J connectivity index is 2.06. The van der Waals surface area contributed by atoms with Crippen LogP contribution in [0.25, 0.3) is 6.08 Å². The van der Waals surface area contributed by atoms with Gasteiger partial charge in [0.25, 0.3) is 5.91 Å². The molecule has 1 aliphatic rings. The van der Waals surface area contributed by atoms with Crippen LogP contribution in [-0.2, 0) is 4.79 Å². The number of hydrogen-bond donors (Lipinski definition) is 2. The molecule has 3 rings (SSSR count). The monoisotopic (exact) mass is 253 g/mol. The van der Waals surface area contributed by atoms with E-state index < -0.39 is 11.9 Å². The lowest BCUT2D eigenvalue weighted by Crippen LogP contribution is -2.27. The number of aromatic amines is 1. The predicted octanol–water partition coefficient (Wildman–Crippen LogP) is 2.11. The molecule has 0 bridgehead atoms. The molecule has 1 aliphatic heterocycles. The van der Waals surface area contributed by atoms with Crippen LogP contribution in [0.5, 0.6) is 0 Å². The van der Waals surface area contributed by atoms with Gasteiger partial charge in [0.15, 0.2) is 0 Å². The maximum Gasteiger partial charge on any atom is 0.333 e. The van der Waals surface area contributed by atoms with Crippen molar-refractivity contribution in [2.75, 3.05) is 4.90 Å². The quantitative estimate of drug-likeness (QED) is 0.636. The average Bonchev–Trinajstić information content (AvgIpc) is 3.00. The number of H-pyrrole nitrogens is 1. The Bertz CT molecular complexity index is 645. The average molecular weight is 253 g/mol. The molecule has 94 valence electrons. The SMILES string of the molecule is O=C1NC(=O)N(c2ccccc2)/C1=C/c1ccc[nH]1. The van der Waals surface area contributed by atoms with E-state index in [0.717, 1.165) is 5.69 Å². The van der Waals surface area contributed by atoms with Crippen LogP contribution in [0.2, 0.25) is 0 Å². The van der Waals surface area contributed by atoms with Crippen molar-refractivity contribution in [3.63, 3.8) is 0 Å². The van der Waals surface area contributed by atoms with Crippen molar-refractivity contribution in [2.45, 2.75) is 0 Å². The van der Waals surface area contributed by atoms with Gasteiger partial charge >= 0.3 is 6.03 Å². The van der Waals surface area contributed by atoms with Crippen LogP contribution in [0.3, 0.4) is 0 Å². The second-order valence-electron chi connectivity index (χ2n) is 4.09. The minimum atomic E-state index is -0.436. The second-order valence-corrected chi connectivity index (χ2v) is 4.09. The normalized spacial score (nSPS) is 17.1. The highest BCUT2D eigenvalue weighted by molar-refractivity contribution is 6.23. The summed E-state index contributed by atoms with van der Waals surface area (Å²) in [6.45, 7) is 0. The number of anilines is 1. The van der Waals surface area contributed by atoms with E-state index in [0.29, 0.717) is 11.4 Å². The summed E-state index contributed by atoms with van der Waals surface area (Å²) in [6, 6.07) is 12.3. The summed E-state index contributed by atoms with van der Waals surface area (Å²) in [6.07, 6.45) is 3.40. The van der Waals surface area contributed by atoms with Gasteiger partial charge in [0.2, 0.25) is 0 Å². The van der Waals surface area contributed by atoms with Crippen LogP contribution in [-0.4, -0.2) is 16.9 Å². The Morgan fingerprint density at radius 1 is 1.00 bits per heavy atom. The summed E-state index contributed by atoms with van der Waals surface area (Å²) < 4.78 is 0. The third-order valence-corrected chi connectivity index (χ3v) is 2.83. The third-order valence-electron chi connectivity index (χ3n) is 2.83. The molecular formula is C14H11N3O2. The number of nitrogens with one attached hydrogen (secondary N) is 2. The van der Waals surface area contributed by atoms with Gasteiger partial charge < -0.3 is 4.98 Å². The van der Waals surface area contributed by atoms with E-state index in [2.05, 4.69) is 10.3 Å². The van der Waals surface area contributed by atoms with E-state index in [9.17, 15) is 9.59 Å². The molecule has 1 aromatic heterocycles.